The van der Waals surface area contributed by atoms with Gasteiger partial charge in [-0.15, -0.1) is 0 Å². The molecule has 0 aliphatic heterocycles. The number of carbonyl (C=O) groups is 2. The maximum atomic E-state index is 12.3. The Bertz CT molecular complexity index is 1200. The fraction of sp³-hybridized carbons (Fsp3) is 0.120. The molecule has 7 nitrogen and oxygen atoms in total. The van der Waals surface area contributed by atoms with Crippen LogP contribution in [0, 0.1) is 6.92 Å². The molecule has 7 heteroatoms. The van der Waals surface area contributed by atoms with Crippen molar-refractivity contribution in [1.29, 1.82) is 0 Å². The molecule has 0 bridgehead atoms. The Balaban J connectivity index is 1.30. The Kier molecular flexibility index (Phi) is 6.36. The second-order valence-electron chi connectivity index (χ2n) is 7.08. The Hall–Kier alpha value is -4.26. The third-order valence-corrected chi connectivity index (χ3v) is 4.69. The van der Waals surface area contributed by atoms with Gasteiger partial charge in [0.1, 0.15) is 5.75 Å². The van der Waals surface area contributed by atoms with Gasteiger partial charge in [-0.05, 0) is 43.3 Å². The normalized spacial score (nSPS) is 10.5. The summed E-state index contributed by atoms with van der Waals surface area (Å²) in [5.41, 5.74) is 2.77. The monoisotopic (exact) mass is 427 g/mol. The smallest absolute Gasteiger partial charge is 0.311 e. The minimum Gasteiger partial charge on any atom is -0.440 e. The highest BCUT2D eigenvalue weighted by Crippen LogP contribution is 2.24. The van der Waals surface area contributed by atoms with Crippen LogP contribution >= 0.6 is 0 Å². The summed E-state index contributed by atoms with van der Waals surface area (Å²) in [5, 5.41) is 2.75. The van der Waals surface area contributed by atoms with Crippen molar-refractivity contribution in [3.63, 3.8) is 0 Å². The van der Waals surface area contributed by atoms with Crippen LogP contribution in [0.1, 0.15) is 28.4 Å². The van der Waals surface area contributed by atoms with Crippen molar-refractivity contribution in [3.8, 4) is 17.1 Å². The van der Waals surface area contributed by atoms with E-state index in [2.05, 4.69) is 15.3 Å². The van der Waals surface area contributed by atoms with Crippen LogP contribution in [0.4, 0.5) is 5.69 Å². The third-order valence-electron chi connectivity index (χ3n) is 4.69. The molecule has 4 rings (SSSR count). The quantitative estimate of drug-likeness (QED) is 0.335. The summed E-state index contributed by atoms with van der Waals surface area (Å²) >= 11 is 0. The summed E-state index contributed by atoms with van der Waals surface area (Å²) < 4.78 is 11.2. The largest absolute Gasteiger partial charge is 0.440 e. The van der Waals surface area contributed by atoms with E-state index in [0.29, 0.717) is 35.1 Å². The summed E-state index contributed by atoms with van der Waals surface area (Å²) in [6.45, 7) is 1.87. The minimum absolute atomic E-state index is 0.122. The van der Waals surface area contributed by atoms with Crippen LogP contribution in [0.2, 0.25) is 0 Å². The fourth-order valence-corrected chi connectivity index (χ4v) is 3.12. The number of benzene rings is 2. The SMILES string of the molecule is Cc1nc(CCC(=O)Oc2ccc(C(=O)Nc3cccnc3)cc2)oc1-c1ccccc1. The minimum atomic E-state index is -0.408. The number of carbonyl (C=O) groups excluding carboxylic acids is 2. The van der Waals surface area contributed by atoms with Gasteiger partial charge in [0.2, 0.25) is 0 Å². The number of ether oxygens (including phenoxy) is 1. The summed E-state index contributed by atoms with van der Waals surface area (Å²) in [6, 6.07) is 19.5. The molecular weight excluding hydrogens is 406 g/mol. The number of rotatable bonds is 7. The summed E-state index contributed by atoms with van der Waals surface area (Å²) in [7, 11) is 0. The topological polar surface area (TPSA) is 94.3 Å². The Morgan fingerprint density at radius 3 is 2.50 bits per heavy atom. The van der Waals surface area contributed by atoms with E-state index in [1.54, 1.807) is 48.8 Å². The number of hydrogen-bond donors (Lipinski definition) is 1. The lowest BCUT2D eigenvalue weighted by Gasteiger charge is -2.06. The molecule has 1 amide bonds. The summed E-state index contributed by atoms with van der Waals surface area (Å²) in [5.74, 6) is 0.871. The van der Waals surface area contributed by atoms with Crippen molar-refractivity contribution in [2.45, 2.75) is 19.8 Å². The Morgan fingerprint density at radius 1 is 1.00 bits per heavy atom. The predicted octanol–water partition coefficient (Wildman–Crippen LogP) is 4.84. The van der Waals surface area contributed by atoms with Gasteiger partial charge in [-0.2, -0.15) is 0 Å². The van der Waals surface area contributed by atoms with E-state index in [1.807, 2.05) is 37.3 Å². The molecule has 4 aromatic rings. The lowest BCUT2D eigenvalue weighted by Crippen LogP contribution is -2.12. The number of pyridine rings is 1. The molecule has 1 N–H and O–H groups in total. The zero-order valence-corrected chi connectivity index (χ0v) is 17.4. The van der Waals surface area contributed by atoms with Crippen LogP contribution < -0.4 is 10.1 Å². The van der Waals surface area contributed by atoms with Crippen LogP contribution in [0.15, 0.2) is 83.5 Å². The first kappa shape index (κ1) is 21.0. The van der Waals surface area contributed by atoms with Crippen molar-refractivity contribution < 1.29 is 18.7 Å². The number of amides is 1. The molecule has 0 spiro atoms. The third kappa shape index (κ3) is 5.26. The summed E-state index contributed by atoms with van der Waals surface area (Å²) in [4.78, 5) is 32.9. The molecule has 0 radical (unpaired) electrons. The molecule has 0 fully saturated rings. The first-order chi connectivity index (χ1) is 15.6. The predicted molar refractivity (Wildman–Crippen MR) is 119 cm³/mol. The fourth-order valence-electron chi connectivity index (χ4n) is 3.12. The molecular formula is C25H21N3O4. The van der Waals surface area contributed by atoms with Gasteiger partial charge in [0.15, 0.2) is 11.7 Å². The molecule has 0 aliphatic carbocycles. The number of anilines is 1. The van der Waals surface area contributed by atoms with Gasteiger partial charge >= 0.3 is 5.97 Å². The maximum Gasteiger partial charge on any atom is 0.311 e. The van der Waals surface area contributed by atoms with Crippen molar-refractivity contribution >= 4 is 17.6 Å². The van der Waals surface area contributed by atoms with Gasteiger partial charge in [0.05, 0.1) is 24.0 Å². The van der Waals surface area contributed by atoms with Gasteiger partial charge < -0.3 is 14.5 Å². The standard InChI is InChI=1S/C25H21N3O4/c1-17-24(18-6-3-2-4-7-18)32-22(27-17)13-14-23(29)31-21-11-9-19(10-12-21)25(30)28-20-8-5-15-26-16-20/h2-12,15-16H,13-14H2,1H3,(H,28,30). The van der Waals surface area contributed by atoms with Crippen molar-refractivity contribution in [2.75, 3.05) is 5.32 Å². The van der Waals surface area contributed by atoms with Gasteiger partial charge in [-0.25, -0.2) is 4.98 Å². The van der Waals surface area contributed by atoms with Crippen molar-refractivity contribution in [3.05, 3.63) is 96.3 Å². The van der Waals surface area contributed by atoms with Crippen LogP contribution in [-0.4, -0.2) is 21.8 Å². The second-order valence-corrected chi connectivity index (χ2v) is 7.08. The van der Waals surface area contributed by atoms with Crippen LogP contribution in [0.5, 0.6) is 5.75 Å². The second kappa shape index (κ2) is 9.70. The number of esters is 1. The van der Waals surface area contributed by atoms with E-state index in [1.165, 1.54) is 0 Å². The van der Waals surface area contributed by atoms with E-state index >= 15 is 0 Å². The van der Waals surface area contributed by atoms with E-state index in [0.717, 1.165) is 11.3 Å². The molecule has 2 aromatic carbocycles. The number of oxazole rings is 1. The van der Waals surface area contributed by atoms with Crippen LogP contribution in [0.3, 0.4) is 0 Å². The molecule has 0 aliphatic rings. The highest BCUT2D eigenvalue weighted by molar-refractivity contribution is 6.04. The zero-order chi connectivity index (χ0) is 22.3. The molecule has 2 heterocycles. The average Bonchev–Trinajstić information content (AvgIpc) is 3.20. The lowest BCUT2D eigenvalue weighted by atomic mass is 10.1. The van der Waals surface area contributed by atoms with E-state index in [-0.39, 0.29) is 12.3 Å². The first-order valence-corrected chi connectivity index (χ1v) is 10.1. The maximum absolute atomic E-state index is 12.3. The molecule has 0 saturated heterocycles. The number of nitrogens with zero attached hydrogens (tertiary/aromatic N) is 2. The van der Waals surface area contributed by atoms with Crippen LogP contribution in [0.25, 0.3) is 11.3 Å². The number of hydrogen-bond acceptors (Lipinski definition) is 6. The van der Waals surface area contributed by atoms with Crippen molar-refractivity contribution in [1.82, 2.24) is 9.97 Å². The molecule has 0 unspecified atom stereocenters. The molecule has 2 aromatic heterocycles. The number of aromatic nitrogens is 2. The molecule has 0 atom stereocenters. The van der Waals surface area contributed by atoms with Crippen molar-refractivity contribution in [2.24, 2.45) is 0 Å². The van der Waals surface area contributed by atoms with E-state index in [9.17, 15) is 9.59 Å². The number of aryl methyl sites for hydroxylation is 2. The highest BCUT2D eigenvalue weighted by atomic mass is 16.5. The average molecular weight is 427 g/mol. The van der Waals surface area contributed by atoms with Crippen LogP contribution in [-0.2, 0) is 11.2 Å². The molecule has 160 valence electrons. The van der Waals surface area contributed by atoms with Gasteiger partial charge in [0.25, 0.3) is 5.91 Å². The van der Waals surface area contributed by atoms with Gasteiger partial charge in [0, 0.05) is 23.7 Å². The molecule has 0 saturated carbocycles. The zero-order valence-electron chi connectivity index (χ0n) is 17.4. The first-order valence-electron chi connectivity index (χ1n) is 10.1. The van der Waals surface area contributed by atoms with E-state index < -0.39 is 5.97 Å². The number of nitrogens with one attached hydrogen (secondary N) is 1. The Morgan fingerprint density at radius 2 is 1.78 bits per heavy atom. The molecule has 32 heavy (non-hydrogen) atoms. The Labute approximate surface area is 185 Å². The highest BCUT2D eigenvalue weighted by Gasteiger charge is 2.14. The van der Waals surface area contributed by atoms with Gasteiger partial charge in [-0.3, -0.25) is 14.6 Å². The summed E-state index contributed by atoms with van der Waals surface area (Å²) in [6.07, 6.45) is 3.64. The van der Waals surface area contributed by atoms with E-state index in [4.69, 9.17) is 9.15 Å². The lowest BCUT2D eigenvalue weighted by molar-refractivity contribution is -0.134. The van der Waals surface area contributed by atoms with Gasteiger partial charge in [-0.1, -0.05) is 30.3 Å².